The van der Waals surface area contributed by atoms with Crippen molar-refractivity contribution in [3.05, 3.63) is 127 Å². The Morgan fingerprint density at radius 2 is 1.52 bits per heavy atom. The summed E-state index contributed by atoms with van der Waals surface area (Å²) in [6.45, 7) is 10.2. The lowest BCUT2D eigenvalue weighted by molar-refractivity contribution is 0.0497. The van der Waals surface area contributed by atoms with Crippen molar-refractivity contribution in [2.45, 2.75) is 66.3 Å². The largest absolute Gasteiger partial charge is 0.444 e. The van der Waals surface area contributed by atoms with Gasteiger partial charge >= 0.3 is 11.8 Å². The summed E-state index contributed by atoms with van der Waals surface area (Å²) < 4.78 is 36.9. The monoisotopic (exact) mass is 575 g/mol. The molecule has 1 N–H and O–H groups in total. The number of aryl methyl sites for hydroxylation is 3. The molecule has 0 aliphatic rings. The average Bonchev–Trinajstić information content (AvgIpc) is 2.89. The number of aromatic nitrogens is 2. The van der Waals surface area contributed by atoms with Crippen LogP contribution in [0.25, 0.3) is 11.1 Å². The van der Waals surface area contributed by atoms with E-state index in [0.717, 1.165) is 38.0 Å². The van der Waals surface area contributed by atoms with Crippen LogP contribution in [0.5, 0.6) is 0 Å². The lowest BCUT2D eigenvalue weighted by Crippen LogP contribution is -2.45. The second kappa shape index (κ2) is 12.1. The van der Waals surface area contributed by atoms with Crippen LogP contribution in [0.3, 0.4) is 0 Å². The van der Waals surface area contributed by atoms with E-state index in [1.54, 1.807) is 51.1 Å². The third kappa shape index (κ3) is 6.84. The molecule has 0 saturated carbocycles. The summed E-state index contributed by atoms with van der Waals surface area (Å²) in [5.74, 6) is -1.62. The Morgan fingerprint density at radius 3 is 2.10 bits per heavy atom. The fourth-order valence-corrected chi connectivity index (χ4v) is 5.11. The molecule has 0 radical (unpaired) electrons. The molecule has 0 fully saturated rings. The van der Waals surface area contributed by atoms with Crippen molar-refractivity contribution in [1.29, 1.82) is 0 Å². The molecule has 1 amide bonds. The molecule has 4 aromatic rings. The Bertz CT molecular complexity index is 1690. The maximum absolute atomic E-state index is 14.7. The quantitative estimate of drug-likeness (QED) is 0.285. The second-order valence-electron chi connectivity index (χ2n) is 11.5. The Labute approximate surface area is 243 Å². The summed E-state index contributed by atoms with van der Waals surface area (Å²) in [5.41, 5.74) is 1.63. The number of ether oxygens (including phenoxy) is 1. The lowest BCUT2D eigenvalue weighted by atomic mass is 9.95. The molecule has 4 rings (SSSR count). The molecule has 0 bridgehead atoms. The molecule has 7 nitrogen and oxygen atoms in total. The van der Waals surface area contributed by atoms with Crippen LogP contribution in [0, 0.1) is 32.4 Å². The standard InChI is InChI=1S/C33H35F2N3O4/c1-20-15-21(2)29(22(3)16-20)25-18-37(17-24-26(34)13-10-14-27(24)35)32(41)38(30(25)39)19-28(23-11-8-7-9-12-23)36-31(40)42-33(4,5)6/h7-16,18,28H,17,19H2,1-6H3,(H,36,40)/t28-/m0/s1. The molecule has 1 aromatic heterocycles. The van der Waals surface area contributed by atoms with Crippen LogP contribution in [0.15, 0.2) is 76.4 Å². The van der Waals surface area contributed by atoms with Gasteiger partial charge in [-0.1, -0.05) is 54.1 Å². The van der Waals surface area contributed by atoms with Crippen molar-refractivity contribution >= 4 is 6.09 Å². The maximum atomic E-state index is 14.7. The van der Waals surface area contributed by atoms with E-state index in [2.05, 4.69) is 5.32 Å². The first-order valence-electron chi connectivity index (χ1n) is 13.6. The third-order valence-corrected chi connectivity index (χ3v) is 6.83. The lowest BCUT2D eigenvalue weighted by Gasteiger charge is -2.25. The van der Waals surface area contributed by atoms with E-state index >= 15 is 0 Å². The highest BCUT2D eigenvalue weighted by Crippen LogP contribution is 2.26. The SMILES string of the molecule is Cc1cc(C)c(-c2cn(Cc3c(F)cccc3F)c(=O)n(C[C@H](NC(=O)OC(C)(C)C)c3ccccc3)c2=O)c(C)c1. The van der Waals surface area contributed by atoms with Crippen LogP contribution in [0.1, 0.15) is 54.6 Å². The highest BCUT2D eigenvalue weighted by Gasteiger charge is 2.25. The fraction of sp³-hybridized carbons (Fsp3) is 0.303. The maximum Gasteiger partial charge on any atom is 0.408 e. The van der Waals surface area contributed by atoms with E-state index in [0.29, 0.717) is 11.1 Å². The summed E-state index contributed by atoms with van der Waals surface area (Å²) >= 11 is 0. The van der Waals surface area contributed by atoms with Gasteiger partial charge in [0.25, 0.3) is 5.56 Å². The van der Waals surface area contributed by atoms with Crippen molar-refractivity contribution < 1.29 is 18.3 Å². The number of hydrogen-bond donors (Lipinski definition) is 1. The second-order valence-corrected chi connectivity index (χ2v) is 11.5. The molecule has 9 heteroatoms. The van der Waals surface area contributed by atoms with Crippen molar-refractivity contribution in [2.75, 3.05) is 0 Å². The van der Waals surface area contributed by atoms with E-state index in [1.807, 2.05) is 32.9 Å². The number of hydrogen-bond acceptors (Lipinski definition) is 4. The van der Waals surface area contributed by atoms with Gasteiger partial charge in [-0.15, -0.1) is 0 Å². The van der Waals surface area contributed by atoms with Crippen LogP contribution < -0.4 is 16.6 Å². The molecular weight excluding hydrogens is 540 g/mol. The predicted molar refractivity (Wildman–Crippen MR) is 159 cm³/mol. The summed E-state index contributed by atoms with van der Waals surface area (Å²) in [7, 11) is 0. The Kier molecular flexibility index (Phi) is 8.80. The average molecular weight is 576 g/mol. The third-order valence-electron chi connectivity index (χ3n) is 6.83. The molecule has 220 valence electrons. The minimum atomic E-state index is -0.833. The van der Waals surface area contributed by atoms with Crippen LogP contribution >= 0.6 is 0 Å². The first kappa shape index (κ1) is 30.4. The number of nitrogens with zero attached hydrogens (tertiary/aromatic N) is 2. The zero-order valence-corrected chi connectivity index (χ0v) is 24.6. The Morgan fingerprint density at radius 1 is 0.929 bits per heavy atom. The molecule has 0 spiro atoms. The molecule has 1 heterocycles. The molecule has 3 aromatic carbocycles. The molecule has 0 aliphatic heterocycles. The number of carbonyl (C=O) groups is 1. The van der Waals surface area contributed by atoms with Gasteiger partial charge in [-0.05, 0) is 75.9 Å². The molecule has 1 atom stereocenters. The molecule has 42 heavy (non-hydrogen) atoms. The zero-order valence-electron chi connectivity index (χ0n) is 24.6. The number of alkyl carbamates (subject to hydrolysis) is 1. The van der Waals surface area contributed by atoms with E-state index in [-0.39, 0.29) is 17.7 Å². The first-order chi connectivity index (χ1) is 19.7. The van der Waals surface area contributed by atoms with Crippen molar-refractivity contribution in [1.82, 2.24) is 14.5 Å². The van der Waals surface area contributed by atoms with Gasteiger partial charge < -0.3 is 10.1 Å². The minimum absolute atomic E-state index is 0.199. The molecular formula is C33H35F2N3O4. The topological polar surface area (TPSA) is 82.3 Å². The number of halogens is 2. The molecule has 0 unspecified atom stereocenters. The number of amides is 1. The highest BCUT2D eigenvalue weighted by molar-refractivity contribution is 5.70. The Hall–Kier alpha value is -4.53. The first-order valence-corrected chi connectivity index (χ1v) is 13.6. The number of nitrogens with one attached hydrogen (secondary N) is 1. The van der Waals surface area contributed by atoms with E-state index in [1.165, 1.54) is 12.3 Å². The van der Waals surface area contributed by atoms with Gasteiger partial charge in [0, 0.05) is 11.8 Å². The van der Waals surface area contributed by atoms with Gasteiger partial charge in [-0.3, -0.25) is 13.9 Å². The summed E-state index contributed by atoms with van der Waals surface area (Å²) in [6.07, 6.45) is 0.635. The van der Waals surface area contributed by atoms with Gasteiger partial charge in [-0.25, -0.2) is 18.4 Å². The zero-order chi connectivity index (χ0) is 30.8. The molecule has 0 aliphatic carbocycles. The summed E-state index contributed by atoms with van der Waals surface area (Å²) in [4.78, 5) is 40.7. The van der Waals surface area contributed by atoms with E-state index in [9.17, 15) is 23.2 Å². The number of carbonyl (C=O) groups excluding carboxylic acids is 1. The Balaban J connectivity index is 1.92. The highest BCUT2D eigenvalue weighted by atomic mass is 19.1. The summed E-state index contributed by atoms with van der Waals surface area (Å²) in [6, 6.07) is 15.4. The predicted octanol–water partition coefficient (Wildman–Crippen LogP) is 6.19. The normalized spacial score (nSPS) is 12.2. The number of benzene rings is 3. The summed E-state index contributed by atoms with van der Waals surface area (Å²) in [5, 5.41) is 2.78. The van der Waals surface area contributed by atoms with Crippen LogP contribution in [-0.4, -0.2) is 20.8 Å². The van der Waals surface area contributed by atoms with Crippen molar-refractivity contribution in [2.24, 2.45) is 0 Å². The smallest absolute Gasteiger partial charge is 0.408 e. The van der Waals surface area contributed by atoms with Crippen LogP contribution in [0.4, 0.5) is 13.6 Å². The van der Waals surface area contributed by atoms with Crippen LogP contribution in [0.2, 0.25) is 0 Å². The van der Waals surface area contributed by atoms with Gasteiger partial charge in [0.2, 0.25) is 0 Å². The van der Waals surface area contributed by atoms with Crippen molar-refractivity contribution in [3.63, 3.8) is 0 Å². The molecule has 0 saturated heterocycles. The minimum Gasteiger partial charge on any atom is -0.444 e. The van der Waals surface area contributed by atoms with E-state index in [4.69, 9.17) is 4.74 Å². The van der Waals surface area contributed by atoms with Crippen LogP contribution in [-0.2, 0) is 17.8 Å². The number of rotatable bonds is 7. The van der Waals surface area contributed by atoms with Gasteiger partial charge in [0.1, 0.15) is 17.2 Å². The van der Waals surface area contributed by atoms with Gasteiger partial charge in [-0.2, -0.15) is 0 Å². The van der Waals surface area contributed by atoms with E-state index < -0.39 is 47.2 Å². The van der Waals surface area contributed by atoms with Crippen molar-refractivity contribution in [3.8, 4) is 11.1 Å². The van der Waals surface area contributed by atoms with Gasteiger partial charge in [0.15, 0.2) is 0 Å². The van der Waals surface area contributed by atoms with Gasteiger partial charge in [0.05, 0.1) is 24.7 Å². The fourth-order valence-electron chi connectivity index (χ4n) is 5.11.